The van der Waals surface area contributed by atoms with Crippen molar-refractivity contribution in [1.82, 2.24) is 0 Å². The van der Waals surface area contributed by atoms with E-state index in [-0.39, 0.29) is 5.38 Å². The zero-order chi connectivity index (χ0) is 11.0. The third kappa shape index (κ3) is 2.77. The predicted octanol–water partition coefficient (Wildman–Crippen LogP) is 5.81. The first-order chi connectivity index (χ1) is 7.08. The molecule has 0 N–H and O–H groups in total. The van der Waals surface area contributed by atoms with Gasteiger partial charge in [-0.25, -0.2) is 0 Å². The summed E-state index contributed by atoms with van der Waals surface area (Å²) >= 11 is 15.7. The maximum absolute atomic E-state index is 6.42. The Morgan fingerprint density at radius 3 is 2.67 bits per heavy atom. The van der Waals surface area contributed by atoms with Gasteiger partial charge in [-0.15, -0.1) is 34.3 Å². The summed E-state index contributed by atoms with van der Waals surface area (Å²) < 4.78 is 2.45. The third-order valence-electron chi connectivity index (χ3n) is 2.01. The Bertz CT molecular complexity index is 458. The van der Waals surface area contributed by atoms with Crippen LogP contribution >= 0.6 is 72.8 Å². The van der Waals surface area contributed by atoms with E-state index in [1.165, 1.54) is 22.7 Å². The molecule has 1 unspecified atom stereocenters. The van der Waals surface area contributed by atoms with Gasteiger partial charge in [-0.05, 0) is 74.1 Å². The van der Waals surface area contributed by atoms with Crippen molar-refractivity contribution in [3.63, 3.8) is 0 Å². The average Bonchev–Trinajstić information content (AvgIpc) is 2.74. The lowest BCUT2D eigenvalue weighted by atomic mass is 10.2. The standard InChI is InChI=1S/C10H7BrClIS2/c1-5-2-7(15-10(5)11)9(12)6-3-8(13)14-4-6/h2-4,9H,1H3. The lowest BCUT2D eigenvalue weighted by Crippen LogP contribution is -1.86. The van der Waals surface area contributed by atoms with Crippen LogP contribution in [0.2, 0.25) is 0 Å². The van der Waals surface area contributed by atoms with Gasteiger partial charge in [0.15, 0.2) is 0 Å². The Hall–Kier alpha value is 0.900. The molecule has 0 aliphatic carbocycles. The first kappa shape index (κ1) is 12.4. The molecule has 0 spiro atoms. The van der Waals surface area contributed by atoms with Crippen molar-refractivity contribution in [1.29, 1.82) is 0 Å². The van der Waals surface area contributed by atoms with E-state index in [4.69, 9.17) is 11.6 Å². The first-order valence-electron chi connectivity index (χ1n) is 4.21. The fourth-order valence-corrected chi connectivity index (χ4v) is 4.60. The molecule has 0 amide bonds. The molecule has 80 valence electrons. The molecule has 5 heteroatoms. The van der Waals surface area contributed by atoms with E-state index >= 15 is 0 Å². The van der Waals surface area contributed by atoms with E-state index in [0.29, 0.717) is 0 Å². The Labute approximate surface area is 124 Å². The highest BCUT2D eigenvalue weighted by Crippen LogP contribution is 2.39. The van der Waals surface area contributed by atoms with Gasteiger partial charge in [-0.3, -0.25) is 0 Å². The number of hydrogen-bond acceptors (Lipinski definition) is 2. The van der Waals surface area contributed by atoms with Crippen molar-refractivity contribution in [3.05, 3.63) is 40.2 Å². The summed E-state index contributed by atoms with van der Waals surface area (Å²) in [7, 11) is 0. The van der Waals surface area contributed by atoms with Gasteiger partial charge in [-0.1, -0.05) is 0 Å². The van der Waals surface area contributed by atoms with E-state index in [0.717, 1.165) is 0 Å². The summed E-state index contributed by atoms with van der Waals surface area (Å²) in [4.78, 5) is 1.20. The van der Waals surface area contributed by atoms with E-state index in [1.54, 1.807) is 22.7 Å². The van der Waals surface area contributed by atoms with Crippen molar-refractivity contribution in [2.45, 2.75) is 12.3 Å². The number of alkyl halides is 1. The van der Waals surface area contributed by atoms with Gasteiger partial charge in [0.25, 0.3) is 0 Å². The van der Waals surface area contributed by atoms with Gasteiger partial charge in [0.05, 0.1) is 12.0 Å². The van der Waals surface area contributed by atoms with Crippen molar-refractivity contribution >= 4 is 72.8 Å². The van der Waals surface area contributed by atoms with Crippen LogP contribution in [0, 0.1) is 9.81 Å². The molecular formula is C10H7BrClIS2. The number of hydrogen-bond donors (Lipinski definition) is 0. The third-order valence-corrected chi connectivity index (χ3v) is 6.63. The van der Waals surface area contributed by atoms with Crippen molar-refractivity contribution < 1.29 is 0 Å². The second-order valence-corrected chi connectivity index (χ2v) is 8.80. The predicted molar refractivity (Wildman–Crippen MR) is 81.5 cm³/mol. The SMILES string of the molecule is Cc1cc(C(Cl)c2csc(I)c2)sc1Br. The number of rotatable bonds is 2. The Morgan fingerprint density at radius 1 is 1.47 bits per heavy atom. The van der Waals surface area contributed by atoms with Gasteiger partial charge in [-0.2, -0.15) is 0 Å². The molecule has 15 heavy (non-hydrogen) atoms. The molecule has 0 aromatic carbocycles. The molecule has 1 atom stereocenters. The minimum atomic E-state index is -0.0141. The maximum atomic E-state index is 6.42. The van der Waals surface area contributed by atoms with Crippen LogP contribution in [0.1, 0.15) is 21.4 Å². The van der Waals surface area contributed by atoms with Gasteiger partial charge in [0, 0.05) is 4.88 Å². The van der Waals surface area contributed by atoms with Gasteiger partial charge < -0.3 is 0 Å². The zero-order valence-corrected chi connectivity index (χ0v) is 13.9. The van der Waals surface area contributed by atoms with E-state index < -0.39 is 0 Å². The number of thiophene rings is 2. The minimum absolute atomic E-state index is 0.0141. The highest BCUT2D eigenvalue weighted by atomic mass is 127. The summed E-state index contributed by atoms with van der Waals surface area (Å²) in [6.45, 7) is 2.09. The fourth-order valence-electron chi connectivity index (χ4n) is 1.23. The van der Waals surface area contributed by atoms with Crippen LogP contribution in [0.25, 0.3) is 0 Å². The normalized spacial score (nSPS) is 13.1. The van der Waals surface area contributed by atoms with E-state index in [2.05, 4.69) is 63.0 Å². The summed E-state index contributed by atoms with van der Waals surface area (Å²) in [6, 6.07) is 4.29. The quantitative estimate of drug-likeness (QED) is 0.414. The second kappa shape index (κ2) is 5.04. The Kier molecular flexibility index (Phi) is 4.15. The summed E-state index contributed by atoms with van der Waals surface area (Å²) in [5.74, 6) is 0. The molecule has 2 aromatic heterocycles. The molecule has 0 nitrogen and oxygen atoms in total. The Balaban J connectivity index is 2.31. The molecule has 0 saturated carbocycles. The maximum Gasteiger partial charge on any atom is 0.0936 e. The lowest BCUT2D eigenvalue weighted by Gasteiger charge is -2.03. The molecule has 0 radical (unpaired) electrons. The van der Waals surface area contributed by atoms with E-state index in [1.807, 2.05) is 0 Å². The van der Waals surface area contributed by atoms with Gasteiger partial charge in [0.1, 0.15) is 0 Å². The van der Waals surface area contributed by atoms with Crippen LogP contribution in [0.4, 0.5) is 0 Å². The Morgan fingerprint density at radius 2 is 2.20 bits per heavy atom. The minimum Gasteiger partial charge on any atom is -0.137 e. The van der Waals surface area contributed by atoms with Gasteiger partial charge >= 0.3 is 0 Å². The van der Waals surface area contributed by atoms with Crippen LogP contribution < -0.4 is 0 Å². The smallest absolute Gasteiger partial charge is 0.0936 e. The molecule has 0 bridgehead atoms. The molecular weight excluding hydrogens is 427 g/mol. The van der Waals surface area contributed by atoms with Crippen LogP contribution in [0.5, 0.6) is 0 Å². The van der Waals surface area contributed by atoms with Crippen LogP contribution in [-0.4, -0.2) is 0 Å². The first-order valence-corrected chi connectivity index (χ1v) is 8.22. The summed E-state index contributed by atoms with van der Waals surface area (Å²) in [5.41, 5.74) is 2.45. The van der Waals surface area contributed by atoms with Crippen molar-refractivity contribution in [3.8, 4) is 0 Å². The highest BCUT2D eigenvalue weighted by Gasteiger charge is 2.15. The van der Waals surface area contributed by atoms with Crippen molar-refractivity contribution in [2.24, 2.45) is 0 Å². The molecule has 0 aliphatic rings. The highest BCUT2D eigenvalue weighted by molar-refractivity contribution is 14.1. The second-order valence-electron chi connectivity index (χ2n) is 3.15. The van der Waals surface area contributed by atoms with E-state index in [9.17, 15) is 0 Å². The number of halogens is 3. The van der Waals surface area contributed by atoms with Crippen LogP contribution in [-0.2, 0) is 0 Å². The molecule has 0 saturated heterocycles. The zero-order valence-electron chi connectivity index (χ0n) is 7.76. The van der Waals surface area contributed by atoms with Crippen molar-refractivity contribution in [2.75, 3.05) is 0 Å². The summed E-state index contributed by atoms with van der Waals surface area (Å²) in [5, 5.41) is 2.11. The van der Waals surface area contributed by atoms with Crippen LogP contribution in [0.3, 0.4) is 0 Å². The topological polar surface area (TPSA) is 0 Å². The monoisotopic (exact) mass is 432 g/mol. The summed E-state index contributed by atoms with van der Waals surface area (Å²) in [6.07, 6.45) is 0. The molecule has 0 fully saturated rings. The largest absolute Gasteiger partial charge is 0.137 e. The number of aryl methyl sites for hydroxylation is 1. The fraction of sp³-hybridized carbons (Fsp3) is 0.200. The lowest BCUT2D eigenvalue weighted by molar-refractivity contribution is 1.20. The molecule has 2 heterocycles. The van der Waals surface area contributed by atoms with Gasteiger partial charge in [0.2, 0.25) is 0 Å². The molecule has 2 aromatic rings. The molecule has 0 aliphatic heterocycles. The average molecular weight is 434 g/mol. The molecule has 2 rings (SSSR count). The van der Waals surface area contributed by atoms with Crippen LogP contribution in [0.15, 0.2) is 21.3 Å².